The standard InChI is InChI=1S/C16H16Cl2O/c1-11-4-2-3-5-15(11)13(10-19)8-12-6-7-14(17)9-16(12)18/h2-7,9,13,19H,8,10H2,1H3. The van der Waals surface area contributed by atoms with E-state index in [4.69, 9.17) is 23.2 Å². The number of benzene rings is 2. The molecule has 0 aliphatic heterocycles. The van der Waals surface area contributed by atoms with Crippen LogP contribution < -0.4 is 0 Å². The van der Waals surface area contributed by atoms with Crippen molar-refractivity contribution < 1.29 is 5.11 Å². The largest absolute Gasteiger partial charge is 0.396 e. The van der Waals surface area contributed by atoms with Gasteiger partial charge < -0.3 is 5.11 Å². The minimum Gasteiger partial charge on any atom is -0.396 e. The molecule has 1 unspecified atom stereocenters. The smallest absolute Gasteiger partial charge is 0.0503 e. The number of aliphatic hydroxyl groups excluding tert-OH is 1. The van der Waals surface area contributed by atoms with Crippen molar-refractivity contribution in [1.29, 1.82) is 0 Å². The predicted octanol–water partition coefficient (Wildman–Crippen LogP) is 4.62. The Hall–Kier alpha value is -1.02. The lowest BCUT2D eigenvalue weighted by molar-refractivity contribution is 0.264. The Balaban J connectivity index is 2.27. The van der Waals surface area contributed by atoms with Crippen LogP contribution in [0.3, 0.4) is 0 Å². The molecule has 0 heterocycles. The molecular formula is C16H16Cl2O. The molecule has 0 saturated heterocycles. The molecule has 0 saturated carbocycles. The highest BCUT2D eigenvalue weighted by atomic mass is 35.5. The van der Waals surface area contributed by atoms with E-state index >= 15 is 0 Å². The predicted molar refractivity (Wildman–Crippen MR) is 81.2 cm³/mol. The lowest BCUT2D eigenvalue weighted by Gasteiger charge is -2.18. The molecule has 1 nitrogen and oxygen atoms in total. The molecule has 0 bridgehead atoms. The third kappa shape index (κ3) is 3.50. The maximum atomic E-state index is 9.64. The van der Waals surface area contributed by atoms with E-state index in [0.717, 1.165) is 11.1 Å². The number of halogens is 2. The van der Waals surface area contributed by atoms with Crippen molar-refractivity contribution in [3.63, 3.8) is 0 Å². The van der Waals surface area contributed by atoms with Crippen molar-refractivity contribution in [1.82, 2.24) is 0 Å². The maximum absolute atomic E-state index is 9.64. The number of aryl methyl sites for hydroxylation is 1. The van der Waals surface area contributed by atoms with Gasteiger partial charge in [0, 0.05) is 16.0 Å². The van der Waals surface area contributed by atoms with Crippen LogP contribution >= 0.6 is 23.2 Å². The van der Waals surface area contributed by atoms with Crippen LogP contribution in [0.5, 0.6) is 0 Å². The van der Waals surface area contributed by atoms with Gasteiger partial charge in [-0.3, -0.25) is 0 Å². The highest BCUT2D eigenvalue weighted by Crippen LogP contribution is 2.28. The number of aliphatic hydroxyl groups is 1. The Morgan fingerprint density at radius 2 is 1.84 bits per heavy atom. The first kappa shape index (κ1) is 14.4. The molecular weight excluding hydrogens is 279 g/mol. The van der Waals surface area contributed by atoms with Crippen molar-refractivity contribution in [3.05, 3.63) is 69.2 Å². The summed E-state index contributed by atoms with van der Waals surface area (Å²) in [5.74, 6) is 0.0554. The third-order valence-electron chi connectivity index (χ3n) is 3.33. The fraction of sp³-hybridized carbons (Fsp3) is 0.250. The molecule has 2 aromatic carbocycles. The second-order valence-corrected chi connectivity index (χ2v) is 5.52. The molecule has 1 N–H and O–H groups in total. The van der Waals surface area contributed by atoms with Crippen molar-refractivity contribution in [2.24, 2.45) is 0 Å². The van der Waals surface area contributed by atoms with Crippen molar-refractivity contribution >= 4 is 23.2 Å². The first-order chi connectivity index (χ1) is 9.11. The SMILES string of the molecule is Cc1ccccc1C(CO)Cc1ccc(Cl)cc1Cl. The van der Waals surface area contributed by atoms with Gasteiger partial charge in [-0.15, -0.1) is 0 Å². The van der Waals surface area contributed by atoms with Gasteiger partial charge in [-0.25, -0.2) is 0 Å². The summed E-state index contributed by atoms with van der Waals surface area (Å²) in [7, 11) is 0. The summed E-state index contributed by atoms with van der Waals surface area (Å²) in [6.07, 6.45) is 0.706. The van der Waals surface area contributed by atoms with Crippen LogP contribution in [0.15, 0.2) is 42.5 Å². The average Bonchev–Trinajstić information content (AvgIpc) is 2.39. The zero-order valence-corrected chi connectivity index (χ0v) is 12.2. The Morgan fingerprint density at radius 3 is 2.47 bits per heavy atom. The zero-order valence-electron chi connectivity index (χ0n) is 10.7. The fourth-order valence-corrected chi connectivity index (χ4v) is 2.76. The van der Waals surface area contributed by atoms with Crippen LogP contribution in [0.4, 0.5) is 0 Å². The summed E-state index contributed by atoms with van der Waals surface area (Å²) in [6.45, 7) is 2.16. The van der Waals surface area contributed by atoms with E-state index in [2.05, 4.69) is 19.1 Å². The van der Waals surface area contributed by atoms with E-state index in [1.165, 1.54) is 5.56 Å². The third-order valence-corrected chi connectivity index (χ3v) is 3.92. The zero-order chi connectivity index (χ0) is 13.8. The van der Waals surface area contributed by atoms with Crippen LogP contribution in [0.1, 0.15) is 22.6 Å². The van der Waals surface area contributed by atoms with E-state index in [1.54, 1.807) is 6.07 Å². The lowest BCUT2D eigenvalue weighted by Crippen LogP contribution is -2.09. The normalized spacial score (nSPS) is 12.4. The van der Waals surface area contributed by atoms with Gasteiger partial charge in [0.1, 0.15) is 0 Å². The van der Waals surface area contributed by atoms with Gasteiger partial charge in [0.2, 0.25) is 0 Å². The van der Waals surface area contributed by atoms with Gasteiger partial charge in [0.15, 0.2) is 0 Å². The van der Waals surface area contributed by atoms with E-state index in [-0.39, 0.29) is 12.5 Å². The molecule has 3 heteroatoms. The van der Waals surface area contributed by atoms with E-state index in [9.17, 15) is 5.11 Å². The summed E-state index contributed by atoms with van der Waals surface area (Å²) < 4.78 is 0. The Bertz CT molecular complexity index is 566. The Morgan fingerprint density at radius 1 is 1.11 bits per heavy atom. The van der Waals surface area contributed by atoms with E-state index in [1.807, 2.05) is 24.3 Å². The van der Waals surface area contributed by atoms with Gasteiger partial charge in [0.05, 0.1) is 6.61 Å². The molecule has 0 aliphatic carbocycles. The van der Waals surface area contributed by atoms with Crippen LogP contribution in [0.25, 0.3) is 0 Å². The summed E-state index contributed by atoms with van der Waals surface area (Å²) in [6, 6.07) is 13.6. The highest BCUT2D eigenvalue weighted by molar-refractivity contribution is 6.35. The molecule has 2 aromatic rings. The second kappa shape index (κ2) is 6.42. The van der Waals surface area contributed by atoms with Gasteiger partial charge in [-0.05, 0) is 42.2 Å². The molecule has 0 fully saturated rings. The number of hydrogen-bond acceptors (Lipinski definition) is 1. The molecule has 19 heavy (non-hydrogen) atoms. The quantitative estimate of drug-likeness (QED) is 0.872. The Kier molecular flexibility index (Phi) is 4.87. The van der Waals surface area contributed by atoms with Crippen LogP contribution in [0, 0.1) is 6.92 Å². The first-order valence-corrected chi connectivity index (χ1v) is 6.97. The highest BCUT2D eigenvalue weighted by Gasteiger charge is 2.15. The van der Waals surface area contributed by atoms with Crippen LogP contribution in [-0.2, 0) is 6.42 Å². The van der Waals surface area contributed by atoms with E-state index in [0.29, 0.717) is 16.5 Å². The molecule has 0 amide bonds. The molecule has 0 aromatic heterocycles. The molecule has 0 aliphatic rings. The van der Waals surface area contributed by atoms with Gasteiger partial charge in [-0.1, -0.05) is 53.5 Å². The topological polar surface area (TPSA) is 20.2 Å². The number of rotatable bonds is 4. The maximum Gasteiger partial charge on any atom is 0.0503 e. The van der Waals surface area contributed by atoms with Gasteiger partial charge >= 0.3 is 0 Å². The summed E-state index contributed by atoms with van der Waals surface area (Å²) >= 11 is 12.1. The average molecular weight is 295 g/mol. The second-order valence-electron chi connectivity index (χ2n) is 4.68. The first-order valence-electron chi connectivity index (χ1n) is 6.22. The van der Waals surface area contributed by atoms with Crippen LogP contribution in [-0.4, -0.2) is 11.7 Å². The van der Waals surface area contributed by atoms with Crippen LogP contribution in [0.2, 0.25) is 10.0 Å². The lowest BCUT2D eigenvalue weighted by atomic mass is 9.90. The monoisotopic (exact) mass is 294 g/mol. The van der Waals surface area contributed by atoms with Gasteiger partial charge in [-0.2, -0.15) is 0 Å². The fourth-order valence-electron chi connectivity index (χ4n) is 2.27. The molecule has 2 rings (SSSR count). The van der Waals surface area contributed by atoms with Crippen molar-refractivity contribution in [2.45, 2.75) is 19.3 Å². The van der Waals surface area contributed by atoms with Crippen molar-refractivity contribution in [3.8, 4) is 0 Å². The minimum absolute atomic E-state index is 0.0554. The minimum atomic E-state index is 0.0554. The number of hydrogen-bond donors (Lipinski definition) is 1. The van der Waals surface area contributed by atoms with Gasteiger partial charge in [0.25, 0.3) is 0 Å². The van der Waals surface area contributed by atoms with Crippen molar-refractivity contribution in [2.75, 3.05) is 6.61 Å². The molecule has 100 valence electrons. The Labute approximate surface area is 123 Å². The summed E-state index contributed by atoms with van der Waals surface area (Å²) in [5, 5.41) is 10.9. The molecule has 0 radical (unpaired) electrons. The van der Waals surface area contributed by atoms with E-state index < -0.39 is 0 Å². The summed E-state index contributed by atoms with van der Waals surface area (Å²) in [5.41, 5.74) is 3.36. The summed E-state index contributed by atoms with van der Waals surface area (Å²) in [4.78, 5) is 0. The molecule has 1 atom stereocenters. The molecule has 0 spiro atoms.